The zero-order valence-corrected chi connectivity index (χ0v) is 14.0. The summed E-state index contributed by atoms with van der Waals surface area (Å²) in [6, 6.07) is 8.72. The molecule has 8 heteroatoms. The first-order valence-corrected chi connectivity index (χ1v) is 8.83. The van der Waals surface area contributed by atoms with E-state index in [9.17, 15) is 8.42 Å². The molecule has 1 N–H and O–H groups in total. The number of piperazine rings is 1. The second-order valence-electron chi connectivity index (χ2n) is 5.37. The Morgan fingerprint density at radius 1 is 1.30 bits per heavy atom. The number of hydrogen-bond acceptors (Lipinski definition) is 5. The number of methoxy groups -OCH3 is 1. The predicted molar refractivity (Wildman–Crippen MR) is 85.7 cm³/mol. The van der Waals surface area contributed by atoms with E-state index in [1.165, 1.54) is 21.3 Å². The summed E-state index contributed by atoms with van der Waals surface area (Å²) < 4.78 is 34.4. The number of benzene rings is 1. The molecule has 2 aromatic rings. The van der Waals surface area contributed by atoms with Crippen LogP contribution in [0.2, 0.25) is 0 Å². The SMILES string of the molecule is COc1ccccc1C1CNCCN1S(=O)(=O)c1ccnn1C. The lowest BCUT2D eigenvalue weighted by Crippen LogP contribution is -2.49. The quantitative estimate of drug-likeness (QED) is 0.892. The number of para-hydroxylation sites is 1. The third kappa shape index (κ3) is 2.85. The van der Waals surface area contributed by atoms with Crippen molar-refractivity contribution in [2.75, 3.05) is 26.7 Å². The van der Waals surface area contributed by atoms with Gasteiger partial charge < -0.3 is 10.1 Å². The van der Waals surface area contributed by atoms with E-state index >= 15 is 0 Å². The lowest BCUT2D eigenvalue weighted by Gasteiger charge is -2.35. The third-order valence-corrected chi connectivity index (χ3v) is 6.02. The van der Waals surface area contributed by atoms with Gasteiger partial charge in [0.25, 0.3) is 10.0 Å². The zero-order chi connectivity index (χ0) is 16.4. The van der Waals surface area contributed by atoms with E-state index in [2.05, 4.69) is 10.4 Å². The summed E-state index contributed by atoms with van der Waals surface area (Å²) in [6.07, 6.45) is 1.49. The van der Waals surface area contributed by atoms with Gasteiger partial charge in [-0.1, -0.05) is 18.2 Å². The molecule has 1 atom stereocenters. The topological polar surface area (TPSA) is 76.5 Å². The summed E-state index contributed by atoms with van der Waals surface area (Å²) >= 11 is 0. The Labute approximate surface area is 135 Å². The molecule has 0 spiro atoms. The molecule has 1 aliphatic rings. The Balaban J connectivity index is 2.04. The lowest BCUT2D eigenvalue weighted by atomic mass is 10.0. The van der Waals surface area contributed by atoms with Gasteiger partial charge in [-0.15, -0.1) is 0 Å². The van der Waals surface area contributed by atoms with Gasteiger partial charge in [-0.2, -0.15) is 9.40 Å². The van der Waals surface area contributed by atoms with Crippen molar-refractivity contribution in [3.05, 3.63) is 42.1 Å². The fourth-order valence-electron chi connectivity index (χ4n) is 2.92. The highest BCUT2D eigenvalue weighted by Crippen LogP contribution is 2.33. The van der Waals surface area contributed by atoms with Crippen LogP contribution >= 0.6 is 0 Å². The first-order valence-electron chi connectivity index (χ1n) is 7.39. The molecule has 0 amide bonds. The van der Waals surface area contributed by atoms with E-state index in [0.29, 0.717) is 25.4 Å². The second-order valence-corrected chi connectivity index (χ2v) is 7.21. The summed E-state index contributed by atoms with van der Waals surface area (Å²) in [5.74, 6) is 0.686. The van der Waals surface area contributed by atoms with Crippen LogP contribution in [0.3, 0.4) is 0 Å². The number of sulfonamides is 1. The first kappa shape index (κ1) is 16.0. The largest absolute Gasteiger partial charge is 0.496 e. The highest BCUT2D eigenvalue weighted by atomic mass is 32.2. The number of hydrogen-bond donors (Lipinski definition) is 1. The van der Waals surface area contributed by atoms with Gasteiger partial charge in [0.15, 0.2) is 5.03 Å². The van der Waals surface area contributed by atoms with Crippen molar-refractivity contribution in [1.82, 2.24) is 19.4 Å². The molecule has 0 bridgehead atoms. The van der Waals surface area contributed by atoms with Crippen molar-refractivity contribution in [3.8, 4) is 5.75 Å². The Bertz CT molecular complexity index is 788. The Morgan fingerprint density at radius 3 is 2.78 bits per heavy atom. The van der Waals surface area contributed by atoms with E-state index in [0.717, 1.165) is 5.56 Å². The Kier molecular flexibility index (Phi) is 4.38. The van der Waals surface area contributed by atoms with Crippen LogP contribution in [0, 0.1) is 0 Å². The predicted octanol–water partition coefficient (Wildman–Crippen LogP) is 0.764. The molecule has 23 heavy (non-hydrogen) atoms. The highest BCUT2D eigenvalue weighted by molar-refractivity contribution is 7.89. The smallest absolute Gasteiger partial charge is 0.260 e. The van der Waals surface area contributed by atoms with Gasteiger partial charge in [0, 0.05) is 32.2 Å². The maximum Gasteiger partial charge on any atom is 0.260 e. The molecule has 0 radical (unpaired) electrons. The van der Waals surface area contributed by atoms with E-state index in [-0.39, 0.29) is 11.1 Å². The maximum absolute atomic E-state index is 13.0. The van der Waals surface area contributed by atoms with Crippen molar-refractivity contribution in [1.29, 1.82) is 0 Å². The van der Waals surface area contributed by atoms with Crippen LogP contribution in [-0.2, 0) is 17.1 Å². The molecule has 7 nitrogen and oxygen atoms in total. The fraction of sp³-hybridized carbons (Fsp3) is 0.400. The van der Waals surface area contributed by atoms with Crippen LogP contribution < -0.4 is 10.1 Å². The number of nitrogens with one attached hydrogen (secondary N) is 1. The maximum atomic E-state index is 13.0. The van der Waals surface area contributed by atoms with Crippen LogP contribution in [0.15, 0.2) is 41.6 Å². The average Bonchev–Trinajstić information content (AvgIpc) is 3.01. The zero-order valence-electron chi connectivity index (χ0n) is 13.1. The summed E-state index contributed by atoms with van der Waals surface area (Å²) in [4.78, 5) is 0. The van der Waals surface area contributed by atoms with Gasteiger partial charge in [-0.3, -0.25) is 4.68 Å². The molecule has 2 heterocycles. The standard InChI is InChI=1S/C15H20N4O3S/c1-18-15(7-8-17-18)23(20,21)19-10-9-16-11-13(19)12-5-3-4-6-14(12)22-2/h3-8,13,16H,9-11H2,1-2H3. The summed E-state index contributed by atoms with van der Waals surface area (Å²) in [5.41, 5.74) is 0.855. The van der Waals surface area contributed by atoms with Crippen molar-refractivity contribution >= 4 is 10.0 Å². The minimum atomic E-state index is -3.63. The number of aromatic nitrogens is 2. The van der Waals surface area contributed by atoms with Crippen molar-refractivity contribution < 1.29 is 13.2 Å². The molecule has 3 rings (SSSR count). The van der Waals surface area contributed by atoms with Gasteiger partial charge in [0.1, 0.15) is 5.75 Å². The van der Waals surface area contributed by atoms with Gasteiger partial charge in [-0.05, 0) is 12.1 Å². The molecule has 1 aliphatic heterocycles. The fourth-order valence-corrected chi connectivity index (χ4v) is 4.62. The first-order chi connectivity index (χ1) is 11.1. The van der Waals surface area contributed by atoms with Crippen LogP contribution in [0.25, 0.3) is 0 Å². The summed E-state index contributed by atoms with van der Waals surface area (Å²) in [5, 5.41) is 7.44. The van der Waals surface area contributed by atoms with Gasteiger partial charge >= 0.3 is 0 Å². The monoisotopic (exact) mass is 336 g/mol. The number of aryl methyl sites for hydroxylation is 1. The summed E-state index contributed by atoms with van der Waals surface area (Å²) in [7, 11) is -0.409. The minimum Gasteiger partial charge on any atom is -0.496 e. The lowest BCUT2D eigenvalue weighted by molar-refractivity contribution is 0.263. The average molecular weight is 336 g/mol. The van der Waals surface area contributed by atoms with Crippen LogP contribution in [0.5, 0.6) is 5.75 Å². The third-order valence-electron chi connectivity index (χ3n) is 4.04. The van der Waals surface area contributed by atoms with Crippen LogP contribution in [-0.4, -0.2) is 49.2 Å². The van der Waals surface area contributed by atoms with Gasteiger partial charge in [0.05, 0.1) is 19.3 Å². The molecule has 1 unspecified atom stereocenters. The Hall–Kier alpha value is -1.90. The van der Waals surface area contributed by atoms with Gasteiger partial charge in [-0.25, -0.2) is 8.42 Å². The van der Waals surface area contributed by atoms with Crippen molar-refractivity contribution in [2.45, 2.75) is 11.1 Å². The van der Waals surface area contributed by atoms with E-state index in [4.69, 9.17) is 4.74 Å². The molecule has 124 valence electrons. The van der Waals surface area contributed by atoms with Crippen LogP contribution in [0.4, 0.5) is 0 Å². The van der Waals surface area contributed by atoms with Crippen molar-refractivity contribution in [3.63, 3.8) is 0 Å². The molecular weight excluding hydrogens is 316 g/mol. The number of nitrogens with zero attached hydrogens (tertiary/aromatic N) is 3. The molecule has 0 aliphatic carbocycles. The van der Waals surface area contributed by atoms with E-state index < -0.39 is 10.0 Å². The summed E-state index contributed by atoms with van der Waals surface area (Å²) in [6.45, 7) is 1.55. The normalized spacial score (nSPS) is 19.7. The molecule has 0 saturated carbocycles. The Morgan fingerprint density at radius 2 is 2.09 bits per heavy atom. The van der Waals surface area contributed by atoms with E-state index in [1.807, 2.05) is 24.3 Å². The second kappa shape index (κ2) is 6.31. The van der Waals surface area contributed by atoms with Crippen molar-refractivity contribution in [2.24, 2.45) is 7.05 Å². The van der Waals surface area contributed by atoms with Gasteiger partial charge in [0.2, 0.25) is 0 Å². The molecule has 1 fully saturated rings. The number of ether oxygens (including phenoxy) is 1. The molecule has 1 aromatic heterocycles. The number of rotatable bonds is 4. The highest BCUT2D eigenvalue weighted by Gasteiger charge is 2.37. The van der Waals surface area contributed by atoms with Crippen LogP contribution in [0.1, 0.15) is 11.6 Å². The molecular formula is C15H20N4O3S. The minimum absolute atomic E-state index is 0.194. The van der Waals surface area contributed by atoms with E-state index in [1.54, 1.807) is 14.2 Å². The molecule has 1 aromatic carbocycles. The molecule has 1 saturated heterocycles.